The van der Waals surface area contributed by atoms with Gasteiger partial charge in [-0.05, 0) is 18.5 Å². The molecule has 0 aliphatic heterocycles. The molecule has 2 rings (SSSR count). The number of hydrogen-bond acceptors (Lipinski definition) is 5. The van der Waals surface area contributed by atoms with Gasteiger partial charge in [-0.25, -0.2) is 9.97 Å². The second kappa shape index (κ2) is 6.73. The van der Waals surface area contributed by atoms with Crippen molar-refractivity contribution in [3.63, 3.8) is 0 Å². The van der Waals surface area contributed by atoms with Crippen molar-refractivity contribution in [2.24, 2.45) is 0 Å². The molecule has 0 aliphatic rings. The van der Waals surface area contributed by atoms with Crippen LogP contribution in [0.15, 0.2) is 30.3 Å². The van der Waals surface area contributed by atoms with Crippen LogP contribution >= 0.6 is 34.9 Å². The van der Waals surface area contributed by atoms with Gasteiger partial charge in [-0.15, -0.1) is 23.3 Å². The van der Waals surface area contributed by atoms with Gasteiger partial charge in [-0.2, -0.15) is 4.98 Å². The molecule has 1 aromatic carbocycles. The van der Waals surface area contributed by atoms with Gasteiger partial charge < -0.3 is 0 Å². The van der Waals surface area contributed by atoms with E-state index in [9.17, 15) is 0 Å². The zero-order valence-electron chi connectivity index (χ0n) is 8.50. The molecule has 0 unspecified atom stereocenters. The van der Waals surface area contributed by atoms with Crippen LogP contribution in [-0.4, -0.2) is 15.0 Å². The van der Waals surface area contributed by atoms with Gasteiger partial charge in [0.2, 0.25) is 5.28 Å². The lowest BCUT2D eigenvalue weighted by Crippen LogP contribution is -1.95. The zero-order chi connectivity index (χ0) is 12.0. The van der Waals surface area contributed by atoms with Gasteiger partial charge in [-0.3, -0.25) is 0 Å². The summed E-state index contributed by atoms with van der Waals surface area (Å²) in [7, 11) is 0. The Balaban J connectivity index is 0.000000606. The number of rotatable bonds is 1. The Bertz CT molecular complexity index is 431. The van der Waals surface area contributed by atoms with E-state index in [1.54, 1.807) is 6.92 Å². The quantitative estimate of drug-likeness (QED) is 0.618. The first-order valence-corrected chi connectivity index (χ1v) is 6.37. The number of nitrogens with zero attached hydrogens (tertiary/aromatic N) is 3. The Morgan fingerprint density at radius 2 is 1.62 bits per heavy atom. The van der Waals surface area contributed by atoms with E-state index in [0.29, 0.717) is 11.6 Å². The van der Waals surface area contributed by atoms with Gasteiger partial charge in [0.05, 0.1) is 0 Å². The molecule has 16 heavy (non-hydrogen) atoms. The van der Waals surface area contributed by atoms with E-state index in [4.69, 9.17) is 11.6 Å². The van der Waals surface area contributed by atoms with Crippen molar-refractivity contribution in [1.82, 2.24) is 15.0 Å². The smallest absolute Gasteiger partial charge is 0.213 e. The predicted octanol–water partition coefficient (Wildman–Crippen LogP) is 3.26. The normalized spacial score (nSPS) is 9.25. The molecule has 0 saturated carbocycles. The molecule has 1 heterocycles. The fourth-order valence-corrected chi connectivity index (χ4v) is 1.37. The van der Waals surface area contributed by atoms with Crippen LogP contribution < -0.4 is 0 Å². The molecule has 2 aromatic rings. The summed E-state index contributed by atoms with van der Waals surface area (Å²) in [5, 5.41) is 0.233. The number of halogens is 1. The minimum Gasteiger partial charge on any atom is -0.213 e. The second-order valence-electron chi connectivity index (χ2n) is 2.84. The Hall–Kier alpha value is -0.780. The van der Waals surface area contributed by atoms with Crippen LogP contribution in [0.2, 0.25) is 5.28 Å². The zero-order valence-corrected chi connectivity index (χ0v) is 11.0. The van der Waals surface area contributed by atoms with Crippen LogP contribution in [0.1, 0.15) is 5.82 Å². The van der Waals surface area contributed by atoms with E-state index >= 15 is 0 Å². The third kappa shape index (κ3) is 3.66. The third-order valence-corrected chi connectivity index (χ3v) is 1.92. The van der Waals surface area contributed by atoms with Crippen LogP contribution in [0.3, 0.4) is 0 Å². The largest absolute Gasteiger partial charge is 0.226 e. The molecular weight excluding hydrogens is 262 g/mol. The van der Waals surface area contributed by atoms with Crippen LogP contribution in [0.5, 0.6) is 0 Å². The highest BCUT2D eigenvalue weighted by Crippen LogP contribution is 2.15. The molecule has 84 valence electrons. The summed E-state index contributed by atoms with van der Waals surface area (Å²) in [6, 6.07) is 9.68. The van der Waals surface area contributed by atoms with E-state index in [1.807, 2.05) is 30.3 Å². The van der Waals surface area contributed by atoms with Crippen LogP contribution in [0, 0.1) is 6.92 Å². The van der Waals surface area contributed by atoms with Crippen molar-refractivity contribution in [2.45, 2.75) is 6.92 Å². The van der Waals surface area contributed by atoms with Crippen molar-refractivity contribution in [3.05, 3.63) is 41.4 Å². The standard InChI is InChI=1S/C10H8ClN3.H2S2/c1-7-12-9(14-10(11)13-7)8-5-3-2-4-6-8;1-2/h2-6H,1H3;1-2H. The van der Waals surface area contributed by atoms with E-state index in [-0.39, 0.29) is 5.28 Å². The molecule has 0 fully saturated rings. The Kier molecular flexibility index (Phi) is 5.59. The van der Waals surface area contributed by atoms with Crippen molar-refractivity contribution >= 4 is 34.9 Å². The molecular formula is C10H10ClN3S2. The summed E-state index contributed by atoms with van der Waals surface area (Å²) in [5.41, 5.74) is 0.944. The van der Waals surface area contributed by atoms with Crippen LogP contribution in [0.25, 0.3) is 11.4 Å². The Morgan fingerprint density at radius 1 is 1.00 bits per heavy atom. The topological polar surface area (TPSA) is 38.7 Å². The monoisotopic (exact) mass is 271 g/mol. The lowest BCUT2D eigenvalue weighted by atomic mass is 10.2. The van der Waals surface area contributed by atoms with Gasteiger partial charge in [0.1, 0.15) is 5.82 Å². The fourth-order valence-electron chi connectivity index (χ4n) is 1.17. The SMILES string of the molecule is Cc1nc(Cl)nc(-c2ccccc2)n1.SS. The van der Waals surface area contributed by atoms with Gasteiger partial charge >= 0.3 is 0 Å². The molecule has 0 atom stereocenters. The van der Waals surface area contributed by atoms with Crippen molar-refractivity contribution in [2.75, 3.05) is 0 Å². The minimum atomic E-state index is 0.233. The number of hydrogen-bond donors (Lipinski definition) is 2. The van der Waals surface area contributed by atoms with Crippen LogP contribution in [-0.2, 0) is 0 Å². The van der Waals surface area contributed by atoms with Gasteiger partial charge in [0, 0.05) is 5.56 Å². The number of aryl methyl sites for hydroxylation is 1. The highest BCUT2D eigenvalue weighted by Gasteiger charge is 2.03. The van der Waals surface area contributed by atoms with E-state index < -0.39 is 0 Å². The van der Waals surface area contributed by atoms with Gasteiger partial charge in [0.25, 0.3) is 0 Å². The maximum absolute atomic E-state index is 5.74. The molecule has 6 heteroatoms. The molecule has 1 aromatic heterocycles. The fraction of sp³-hybridized carbons (Fsp3) is 0.100. The van der Waals surface area contributed by atoms with Crippen molar-refractivity contribution in [1.29, 1.82) is 0 Å². The van der Waals surface area contributed by atoms with E-state index in [0.717, 1.165) is 5.56 Å². The molecule has 0 amide bonds. The van der Waals surface area contributed by atoms with Gasteiger partial charge in [-0.1, -0.05) is 30.3 Å². The number of benzene rings is 1. The van der Waals surface area contributed by atoms with Crippen molar-refractivity contribution < 1.29 is 0 Å². The summed E-state index contributed by atoms with van der Waals surface area (Å²) < 4.78 is 0. The average Bonchev–Trinajstić information content (AvgIpc) is 2.32. The first-order valence-electron chi connectivity index (χ1n) is 4.39. The van der Waals surface area contributed by atoms with Crippen LogP contribution in [0.4, 0.5) is 0 Å². The first-order chi connectivity index (χ1) is 7.75. The van der Waals surface area contributed by atoms with Crippen molar-refractivity contribution in [3.8, 4) is 11.4 Å². The molecule has 3 nitrogen and oxygen atoms in total. The molecule has 0 bridgehead atoms. The minimum absolute atomic E-state index is 0.233. The lowest BCUT2D eigenvalue weighted by Gasteiger charge is -2.00. The summed E-state index contributed by atoms with van der Waals surface area (Å²) in [5.74, 6) is 1.24. The third-order valence-electron chi connectivity index (χ3n) is 1.75. The summed E-state index contributed by atoms with van der Waals surface area (Å²) in [6.07, 6.45) is 0. The predicted molar refractivity (Wildman–Crippen MR) is 73.0 cm³/mol. The highest BCUT2D eigenvalue weighted by atomic mass is 35.5. The molecule has 0 radical (unpaired) electrons. The van der Waals surface area contributed by atoms with E-state index in [1.165, 1.54) is 0 Å². The van der Waals surface area contributed by atoms with Gasteiger partial charge in [0.15, 0.2) is 5.82 Å². The Morgan fingerprint density at radius 3 is 2.19 bits per heavy atom. The first kappa shape index (κ1) is 13.3. The Labute approximate surface area is 110 Å². The average molecular weight is 272 g/mol. The maximum Gasteiger partial charge on any atom is 0.226 e. The summed E-state index contributed by atoms with van der Waals surface area (Å²) >= 11 is 12.2. The number of thiol groups is 2. The molecule has 0 spiro atoms. The summed E-state index contributed by atoms with van der Waals surface area (Å²) in [6.45, 7) is 1.79. The molecule has 0 aliphatic carbocycles. The maximum atomic E-state index is 5.74. The summed E-state index contributed by atoms with van der Waals surface area (Å²) in [4.78, 5) is 12.1. The lowest BCUT2D eigenvalue weighted by molar-refractivity contribution is 0.984. The molecule has 0 saturated heterocycles. The highest BCUT2D eigenvalue weighted by molar-refractivity contribution is 8.59. The number of aromatic nitrogens is 3. The molecule has 0 N–H and O–H groups in total. The second-order valence-corrected chi connectivity index (χ2v) is 3.18. The van der Waals surface area contributed by atoms with E-state index in [2.05, 4.69) is 38.3 Å².